The van der Waals surface area contributed by atoms with E-state index in [4.69, 9.17) is 4.52 Å². The van der Waals surface area contributed by atoms with E-state index in [1.807, 2.05) is 13.8 Å². The van der Waals surface area contributed by atoms with Crippen LogP contribution in [0, 0.1) is 26.6 Å². The molecule has 0 fully saturated rings. The lowest BCUT2D eigenvalue weighted by molar-refractivity contribution is 0.427. The van der Waals surface area contributed by atoms with Gasteiger partial charge in [0, 0.05) is 5.56 Å². The molecule has 0 unspecified atom stereocenters. The van der Waals surface area contributed by atoms with Gasteiger partial charge in [-0.2, -0.15) is 0 Å². The van der Waals surface area contributed by atoms with Crippen molar-refractivity contribution in [1.82, 2.24) is 5.16 Å². The van der Waals surface area contributed by atoms with Crippen molar-refractivity contribution in [3.63, 3.8) is 0 Å². The predicted molar refractivity (Wildman–Crippen MR) is 91.2 cm³/mol. The van der Waals surface area contributed by atoms with Gasteiger partial charge in [0.15, 0.2) is 5.76 Å². The van der Waals surface area contributed by atoms with Gasteiger partial charge in [-0.1, -0.05) is 11.2 Å². The molecular weight excluding hydrogens is 351 g/mol. The molecule has 2 aromatic heterocycles. The Morgan fingerprint density at radius 3 is 2.54 bits per heavy atom. The van der Waals surface area contributed by atoms with Gasteiger partial charge in [-0.25, -0.2) is 12.8 Å². The topological polar surface area (TPSA) is 72.2 Å². The molecule has 8 heteroatoms. The van der Waals surface area contributed by atoms with Gasteiger partial charge in [0.25, 0.3) is 10.0 Å². The molecule has 0 aliphatic carbocycles. The SMILES string of the molecule is Cc1ccc(NS(=O)(=O)c2ccc(-c3onc(C)c3C)s2)cc1F. The number of hydrogen-bond donors (Lipinski definition) is 1. The largest absolute Gasteiger partial charge is 0.355 e. The van der Waals surface area contributed by atoms with Crippen LogP contribution in [0.3, 0.4) is 0 Å². The van der Waals surface area contributed by atoms with Gasteiger partial charge in [-0.3, -0.25) is 4.72 Å². The summed E-state index contributed by atoms with van der Waals surface area (Å²) in [5.41, 5.74) is 2.26. The first-order valence-electron chi connectivity index (χ1n) is 7.10. The molecule has 0 aliphatic rings. The van der Waals surface area contributed by atoms with Crippen molar-refractivity contribution >= 4 is 27.0 Å². The van der Waals surface area contributed by atoms with E-state index >= 15 is 0 Å². The first kappa shape index (κ1) is 16.7. The lowest BCUT2D eigenvalue weighted by Gasteiger charge is -2.07. The summed E-state index contributed by atoms with van der Waals surface area (Å²) in [4.78, 5) is 0.670. The fourth-order valence-corrected chi connectivity index (χ4v) is 4.48. The molecule has 1 aromatic carbocycles. The summed E-state index contributed by atoms with van der Waals surface area (Å²) in [7, 11) is -3.80. The first-order valence-corrected chi connectivity index (χ1v) is 9.40. The van der Waals surface area contributed by atoms with Crippen molar-refractivity contribution in [2.24, 2.45) is 0 Å². The van der Waals surface area contributed by atoms with Crippen LogP contribution >= 0.6 is 11.3 Å². The van der Waals surface area contributed by atoms with Crippen molar-refractivity contribution in [2.75, 3.05) is 4.72 Å². The van der Waals surface area contributed by atoms with E-state index in [9.17, 15) is 12.8 Å². The van der Waals surface area contributed by atoms with Crippen LogP contribution in [0.25, 0.3) is 10.6 Å². The summed E-state index contributed by atoms with van der Waals surface area (Å²) >= 11 is 1.07. The highest BCUT2D eigenvalue weighted by atomic mass is 32.2. The molecule has 3 aromatic rings. The third kappa shape index (κ3) is 3.07. The minimum atomic E-state index is -3.80. The molecule has 0 amide bonds. The summed E-state index contributed by atoms with van der Waals surface area (Å²) in [5.74, 6) is 0.0927. The summed E-state index contributed by atoms with van der Waals surface area (Å²) in [6.45, 7) is 5.30. The zero-order chi connectivity index (χ0) is 17.5. The van der Waals surface area contributed by atoms with Crippen molar-refractivity contribution < 1.29 is 17.3 Å². The van der Waals surface area contributed by atoms with Crippen LogP contribution in [0.5, 0.6) is 0 Å². The molecule has 0 saturated carbocycles. The number of benzene rings is 1. The highest BCUT2D eigenvalue weighted by molar-refractivity contribution is 7.94. The predicted octanol–water partition coefficient (Wildman–Crippen LogP) is 4.27. The summed E-state index contributed by atoms with van der Waals surface area (Å²) in [6, 6.07) is 7.36. The average Bonchev–Trinajstić information content (AvgIpc) is 3.12. The fraction of sp³-hybridized carbons (Fsp3) is 0.188. The van der Waals surface area contributed by atoms with Crippen molar-refractivity contribution in [2.45, 2.75) is 25.0 Å². The molecule has 1 N–H and O–H groups in total. The summed E-state index contributed by atoms with van der Waals surface area (Å²) < 4.78 is 46.3. The molecule has 24 heavy (non-hydrogen) atoms. The van der Waals surface area contributed by atoms with Crippen molar-refractivity contribution in [1.29, 1.82) is 0 Å². The second-order valence-electron chi connectivity index (χ2n) is 5.41. The number of sulfonamides is 1. The zero-order valence-electron chi connectivity index (χ0n) is 13.3. The van der Waals surface area contributed by atoms with Crippen LogP contribution in [0.2, 0.25) is 0 Å². The zero-order valence-corrected chi connectivity index (χ0v) is 14.9. The molecule has 5 nitrogen and oxygen atoms in total. The highest BCUT2D eigenvalue weighted by Crippen LogP contribution is 2.34. The lowest BCUT2D eigenvalue weighted by Crippen LogP contribution is -2.11. The second-order valence-corrected chi connectivity index (χ2v) is 8.40. The van der Waals surface area contributed by atoms with Crippen LogP contribution in [0.1, 0.15) is 16.8 Å². The number of aromatic nitrogens is 1. The number of thiophene rings is 1. The van der Waals surface area contributed by atoms with Gasteiger partial charge in [0.1, 0.15) is 10.0 Å². The number of hydrogen-bond acceptors (Lipinski definition) is 5. The molecule has 0 saturated heterocycles. The van der Waals surface area contributed by atoms with Crippen LogP contribution < -0.4 is 4.72 Å². The Bertz CT molecular complexity index is 1010. The number of nitrogens with zero attached hydrogens (tertiary/aromatic N) is 1. The standard InChI is InChI=1S/C16H15FN2O3S2/c1-9-4-5-12(8-13(9)17)19-24(20,21)15-7-6-14(23-15)16-10(2)11(3)18-22-16/h4-8,19H,1-3H3. The quantitative estimate of drug-likeness (QED) is 0.748. The Labute approximate surface area is 143 Å². The minimum absolute atomic E-state index is 0.118. The van der Waals surface area contributed by atoms with Crippen LogP contribution in [0.15, 0.2) is 39.1 Å². The number of aryl methyl sites for hydroxylation is 2. The minimum Gasteiger partial charge on any atom is -0.355 e. The van der Waals surface area contributed by atoms with E-state index in [2.05, 4.69) is 9.88 Å². The van der Waals surface area contributed by atoms with Crippen LogP contribution in [-0.2, 0) is 10.0 Å². The Kier molecular flexibility index (Phi) is 4.18. The maximum absolute atomic E-state index is 13.6. The maximum Gasteiger partial charge on any atom is 0.271 e. The molecule has 0 atom stereocenters. The first-order chi connectivity index (χ1) is 11.3. The average molecular weight is 366 g/mol. The Morgan fingerprint density at radius 2 is 1.92 bits per heavy atom. The number of nitrogens with one attached hydrogen (secondary N) is 1. The molecule has 0 bridgehead atoms. The highest BCUT2D eigenvalue weighted by Gasteiger charge is 2.20. The van der Waals surface area contributed by atoms with Crippen LogP contribution in [0.4, 0.5) is 10.1 Å². The molecule has 0 radical (unpaired) electrons. The maximum atomic E-state index is 13.6. The molecule has 0 spiro atoms. The Balaban J connectivity index is 1.90. The number of rotatable bonds is 4. The van der Waals surface area contributed by atoms with E-state index in [-0.39, 0.29) is 9.90 Å². The van der Waals surface area contributed by atoms with E-state index in [1.165, 1.54) is 18.2 Å². The normalized spacial score (nSPS) is 11.7. The molecule has 2 heterocycles. The fourth-order valence-electron chi connectivity index (χ4n) is 2.09. The molecule has 126 valence electrons. The summed E-state index contributed by atoms with van der Waals surface area (Å²) in [5, 5.41) is 3.87. The Hall–Kier alpha value is -2.19. The van der Waals surface area contributed by atoms with Gasteiger partial charge >= 0.3 is 0 Å². The van der Waals surface area contributed by atoms with Gasteiger partial charge in [0.05, 0.1) is 16.3 Å². The van der Waals surface area contributed by atoms with Gasteiger partial charge in [-0.15, -0.1) is 11.3 Å². The lowest BCUT2D eigenvalue weighted by atomic mass is 10.2. The smallest absolute Gasteiger partial charge is 0.271 e. The van der Waals surface area contributed by atoms with Crippen molar-refractivity contribution in [3.8, 4) is 10.6 Å². The number of anilines is 1. The molecular formula is C16H15FN2O3S2. The van der Waals surface area contributed by atoms with E-state index in [0.717, 1.165) is 28.7 Å². The van der Waals surface area contributed by atoms with Crippen LogP contribution in [-0.4, -0.2) is 13.6 Å². The van der Waals surface area contributed by atoms with Gasteiger partial charge < -0.3 is 4.52 Å². The third-order valence-electron chi connectivity index (χ3n) is 3.65. The van der Waals surface area contributed by atoms with Gasteiger partial charge in [-0.05, 0) is 50.6 Å². The monoisotopic (exact) mass is 366 g/mol. The van der Waals surface area contributed by atoms with Gasteiger partial charge in [0.2, 0.25) is 0 Å². The number of halogens is 1. The van der Waals surface area contributed by atoms with E-state index < -0.39 is 15.8 Å². The second kappa shape index (κ2) is 6.03. The molecule has 0 aliphatic heterocycles. The summed E-state index contributed by atoms with van der Waals surface area (Å²) in [6.07, 6.45) is 0. The van der Waals surface area contributed by atoms with Crippen molar-refractivity contribution in [3.05, 3.63) is 53.0 Å². The molecule has 3 rings (SSSR count). The van der Waals surface area contributed by atoms with E-state index in [0.29, 0.717) is 16.2 Å². The van der Waals surface area contributed by atoms with E-state index in [1.54, 1.807) is 13.0 Å². The third-order valence-corrected chi connectivity index (χ3v) is 6.61. The Morgan fingerprint density at radius 1 is 1.17 bits per heavy atom.